The third-order valence-electron chi connectivity index (χ3n) is 3.03. The van der Waals surface area contributed by atoms with E-state index in [1.54, 1.807) is 24.3 Å². The van der Waals surface area contributed by atoms with Gasteiger partial charge in [0.15, 0.2) is 0 Å². The van der Waals surface area contributed by atoms with Crippen molar-refractivity contribution in [2.75, 3.05) is 0 Å². The van der Waals surface area contributed by atoms with E-state index < -0.39 is 6.04 Å². The molecule has 1 atom stereocenters. The van der Waals surface area contributed by atoms with Crippen molar-refractivity contribution in [1.82, 2.24) is 10.1 Å². The molecule has 0 aliphatic heterocycles. The van der Waals surface area contributed by atoms with Gasteiger partial charge in [-0.1, -0.05) is 47.1 Å². The van der Waals surface area contributed by atoms with Crippen LogP contribution in [0.1, 0.15) is 17.5 Å². The van der Waals surface area contributed by atoms with Crippen molar-refractivity contribution in [3.8, 4) is 11.4 Å². The molecule has 0 fully saturated rings. The van der Waals surface area contributed by atoms with Gasteiger partial charge in [0.25, 0.3) is 0 Å². The van der Waals surface area contributed by atoms with Crippen LogP contribution in [0.5, 0.6) is 0 Å². The average Bonchev–Trinajstić information content (AvgIpc) is 2.97. The molecule has 0 bridgehead atoms. The maximum atomic E-state index is 13.2. The Kier molecular flexibility index (Phi) is 3.68. The zero-order chi connectivity index (χ0) is 14.8. The number of nitrogens with two attached hydrogens (primary N) is 1. The largest absolute Gasteiger partial charge is 0.337 e. The fraction of sp³-hybridized carbons (Fsp3) is 0.0667. The molecule has 0 aliphatic rings. The second-order valence-corrected chi connectivity index (χ2v) is 4.87. The number of rotatable bonds is 3. The molecule has 2 N–H and O–H groups in total. The van der Waals surface area contributed by atoms with Crippen LogP contribution in [0.3, 0.4) is 0 Å². The Hall–Kier alpha value is -2.24. The lowest BCUT2D eigenvalue weighted by Gasteiger charge is -2.08. The van der Waals surface area contributed by atoms with Crippen LogP contribution in [0.2, 0.25) is 5.02 Å². The molecule has 0 radical (unpaired) electrons. The van der Waals surface area contributed by atoms with Crippen molar-refractivity contribution in [2.24, 2.45) is 5.73 Å². The van der Waals surface area contributed by atoms with Crippen LogP contribution in [0, 0.1) is 5.82 Å². The summed E-state index contributed by atoms with van der Waals surface area (Å²) in [7, 11) is 0. The SMILES string of the molecule is N[C@@H](c1nc(-c2cccc(F)c2)no1)c1ccccc1Cl. The van der Waals surface area contributed by atoms with Crippen molar-refractivity contribution in [3.05, 3.63) is 70.8 Å². The van der Waals surface area contributed by atoms with Crippen molar-refractivity contribution >= 4 is 11.6 Å². The van der Waals surface area contributed by atoms with Crippen LogP contribution >= 0.6 is 11.6 Å². The second-order valence-electron chi connectivity index (χ2n) is 4.47. The second kappa shape index (κ2) is 5.63. The van der Waals surface area contributed by atoms with Gasteiger partial charge in [0, 0.05) is 10.6 Å². The minimum atomic E-state index is -0.631. The van der Waals surface area contributed by atoms with Gasteiger partial charge in [0.1, 0.15) is 11.9 Å². The van der Waals surface area contributed by atoms with Gasteiger partial charge in [-0.3, -0.25) is 0 Å². The third kappa shape index (κ3) is 2.79. The van der Waals surface area contributed by atoms with E-state index in [0.29, 0.717) is 16.1 Å². The van der Waals surface area contributed by atoms with E-state index in [1.807, 2.05) is 12.1 Å². The minimum Gasteiger partial charge on any atom is -0.337 e. The van der Waals surface area contributed by atoms with Gasteiger partial charge in [-0.2, -0.15) is 4.98 Å². The van der Waals surface area contributed by atoms with E-state index in [1.165, 1.54) is 12.1 Å². The Morgan fingerprint density at radius 2 is 1.95 bits per heavy atom. The molecule has 0 amide bonds. The van der Waals surface area contributed by atoms with Gasteiger partial charge in [-0.15, -0.1) is 0 Å². The maximum Gasteiger partial charge on any atom is 0.248 e. The minimum absolute atomic E-state index is 0.224. The first-order valence-electron chi connectivity index (χ1n) is 6.24. The molecule has 0 saturated carbocycles. The number of nitrogens with zero attached hydrogens (tertiary/aromatic N) is 2. The summed E-state index contributed by atoms with van der Waals surface area (Å²) in [6.07, 6.45) is 0. The van der Waals surface area contributed by atoms with Gasteiger partial charge >= 0.3 is 0 Å². The van der Waals surface area contributed by atoms with E-state index in [9.17, 15) is 4.39 Å². The highest BCUT2D eigenvalue weighted by molar-refractivity contribution is 6.31. The predicted molar refractivity (Wildman–Crippen MR) is 77.2 cm³/mol. The molecule has 3 rings (SSSR count). The van der Waals surface area contributed by atoms with Crippen molar-refractivity contribution in [3.63, 3.8) is 0 Å². The molecule has 0 saturated heterocycles. The first kappa shape index (κ1) is 13.7. The first-order valence-corrected chi connectivity index (χ1v) is 6.62. The van der Waals surface area contributed by atoms with E-state index in [0.717, 1.165) is 0 Å². The van der Waals surface area contributed by atoms with Gasteiger partial charge < -0.3 is 10.3 Å². The van der Waals surface area contributed by atoms with E-state index >= 15 is 0 Å². The summed E-state index contributed by atoms with van der Waals surface area (Å²) in [6, 6.07) is 12.5. The van der Waals surface area contributed by atoms with Gasteiger partial charge in [-0.25, -0.2) is 4.39 Å². The summed E-state index contributed by atoms with van der Waals surface area (Å²) in [5, 5.41) is 4.35. The monoisotopic (exact) mass is 303 g/mol. The predicted octanol–water partition coefficient (Wildman–Crippen LogP) is 3.58. The maximum absolute atomic E-state index is 13.2. The Labute approximate surface area is 125 Å². The molecule has 3 aromatic rings. The fourth-order valence-electron chi connectivity index (χ4n) is 1.97. The molecule has 106 valence electrons. The highest BCUT2D eigenvalue weighted by Crippen LogP contribution is 2.26. The lowest BCUT2D eigenvalue weighted by atomic mass is 10.1. The van der Waals surface area contributed by atoms with Crippen molar-refractivity contribution < 1.29 is 8.91 Å². The van der Waals surface area contributed by atoms with E-state index in [-0.39, 0.29) is 17.5 Å². The molecule has 1 heterocycles. The summed E-state index contributed by atoms with van der Waals surface area (Å²) >= 11 is 6.09. The zero-order valence-electron chi connectivity index (χ0n) is 10.8. The Morgan fingerprint density at radius 3 is 2.71 bits per heavy atom. The summed E-state index contributed by atoms with van der Waals surface area (Å²) in [5.74, 6) is 0.142. The van der Waals surface area contributed by atoms with Crippen molar-refractivity contribution in [1.29, 1.82) is 0 Å². The molecular formula is C15H11ClFN3O. The van der Waals surface area contributed by atoms with Crippen LogP contribution in [0.25, 0.3) is 11.4 Å². The lowest BCUT2D eigenvalue weighted by molar-refractivity contribution is 0.367. The normalized spacial score (nSPS) is 12.3. The Bertz CT molecular complexity index is 775. The highest BCUT2D eigenvalue weighted by atomic mass is 35.5. The Morgan fingerprint density at radius 1 is 1.14 bits per heavy atom. The average molecular weight is 304 g/mol. The van der Waals surface area contributed by atoms with Crippen LogP contribution in [0.15, 0.2) is 53.1 Å². The number of hydrogen-bond acceptors (Lipinski definition) is 4. The smallest absolute Gasteiger partial charge is 0.248 e. The number of benzene rings is 2. The molecular weight excluding hydrogens is 293 g/mol. The molecule has 4 nitrogen and oxygen atoms in total. The first-order chi connectivity index (χ1) is 10.1. The number of halogens is 2. The van der Waals surface area contributed by atoms with Gasteiger partial charge in [0.2, 0.25) is 11.7 Å². The van der Waals surface area contributed by atoms with Crippen LogP contribution in [-0.4, -0.2) is 10.1 Å². The third-order valence-corrected chi connectivity index (χ3v) is 3.38. The summed E-state index contributed by atoms with van der Waals surface area (Å²) in [5.41, 5.74) is 7.30. The van der Waals surface area contributed by atoms with Crippen LogP contribution < -0.4 is 5.73 Å². The molecule has 0 aliphatic carbocycles. The molecule has 0 unspecified atom stereocenters. The number of hydrogen-bond donors (Lipinski definition) is 1. The molecule has 0 spiro atoms. The van der Waals surface area contributed by atoms with Crippen molar-refractivity contribution in [2.45, 2.75) is 6.04 Å². The summed E-state index contributed by atoms with van der Waals surface area (Å²) in [4.78, 5) is 4.21. The zero-order valence-corrected chi connectivity index (χ0v) is 11.6. The van der Waals surface area contributed by atoms with E-state index in [2.05, 4.69) is 10.1 Å². The molecule has 2 aromatic carbocycles. The van der Waals surface area contributed by atoms with Crippen LogP contribution in [0.4, 0.5) is 4.39 Å². The Balaban J connectivity index is 1.93. The van der Waals surface area contributed by atoms with Gasteiger partial charge in [0.05, 0.1) is 0 Å². The van der Waals surface area contributed by atoms with Crippen LogP contribution in [-0.2, 0) is 0 Å². The highest BCUT2D eigenvalue weighted by Gasteiger charge is 2.19. The summed E-state index contributed by atoms with van der Waals surface area (Å²) < 4.78 is 18.4. The van der Waals surface area contributed by atoms with E-state index in [4.69, 9.17) is 21.9 Å². The topological polar surface area (TPSA) is 64.9 Å². The number of aromatic nitrogens is 2. The van der Waals surface area contributed by atoms with Gasteiger partial charge in [-0.05, 0) is 23.8 Å². The lowest BCUT2D eigenvalue weighted by Crippen LogP contribution is -2.12. The fourth-order valence-corrected chi connectivity index (χ4v) is 2.22. The standard InChI is InChI=1S/C15H11ClFN3O/c16-12-7-2-1-6-11(12)13(18)15-19-14(20-21-15)9-4-3-5-10(17)8-9/h1-8,13H,18H2/t13-/m1/s1. The quantitative estimate of drug-likeness (QED) is 0.803. The molecule has 21 heavy (non-hydrogen) atoms. The molecule has 1 aromatic heterocycles. The molecule has 6 heteroatoms. The summed E-state index contributed by atoms with van der Waals surface area (Å²) in [6.45, 7) is 0.